The Kier molecular flexibility index (Phi) is 5.42. The second kappa shape index (κ2) is 8.00. The molecule has 2 aromatic rings. The number of piperidine rings is 1. The molecule has 0 saturated carbocycles. The summed E-state index contributed by atoms with van der Waals surface area (Å²) in [4.78, 5) is 27.6. The highest BCUT2D eigenvalue weighted by molar-refractivity contribution is 6.30. The Morgan fingerprint density at radius 3 is 2.69 bits per heavy atom. The molecule has 0 bridgehead atoms. The van der Waals surface area contributed by atoms with E-state index < -0.39 is 4.92 Å². The van der Waals surface area contributed by atoms with Crippen molar-refractivity contribution in [3.8, 4) is 0 Å². The highest BCUT2D eigenvalue weighted by Crippen LogP contribution is 2.34. The van der Waals surface area contributed by atoms with Crippen LogP contribution in [-0.2, 0) is 0 Å². The zero-order valence-electron chi connectivity index (χ0n) is 15.8. The number of rotatable bonds is 4. The second-order valence-corrected chi connectivity index (χ2v) is 7.95. The predicted molar refractivity (Wildman–Crippen MR) is 110 cm³/mol. The van der Waals surface area contributed by atoms with Crippen molar-refractivity contribution in [3.05, 3.63) is 56.0 Å². The van der Waals surface area contributed by atoms with Gasteiger partial charge in [0.1, 0.15) is 5.69 Å². The van der Waals surface area contributed by atoms with Crippen molar-refractivity contribution in [2.24, 2.45) is 0 Å². The van der Waals surface area contributed by atoms with E-state index in [1.165, 1.54) is 10.7 Å². The lowest BCUT2D eigenvalue weighted by atomic mass is 10.0. The molecule has 0 spiro atoms. The molecule has 1 N–H and O–H groups in total. The van der Waals surface area contributed by atoms with Crippen LogP contribution in [0.5, 0.6) is 0 Å². The van der Waals surface area contributed by atoms with Gasteiger partial charge in [0, 0.05) is 43.3 Å². The third-order valence-electron chi connectivity index (χ3n) is 5.56. The van der Waals surface area contributed by atoms with Crippen LogP contribution in [0.25, 0.3) is 0 Å². The molecule has 2 saturated heterocycles. The normalized spacial score (nSPS) is 22.1. The lowest BCUT2D eigenvalue weighted by Gasteiger charge is -2.34. The van der Waals surface area contributed by atoms with Crippen LogP contribution in [0.15, 0.2) is 35.3 Å². The van der Waals surface area contributed by atoms with Gasteiger partial charge in [0.05, 0.1) is 29.0 Å². The van der Waals surface area contributed by atoms with E-state index in [0.717, 1.165) is 12.8 Å². The summed E-state index contributed by atoms with van der Waals surface area (Å²) in [6, 6.07) is 6.02. The fourth-order valence-corrected chi connectivity index (χ4v) is 4.28. The van der Waals surface area contributed by atoms with Crippen LogP contribution in [0.2, 0.25) is 5.02 Å². The average Bonchev–Trinajstić information content (AvgIpc) is 3.14. The summed E-state index contributed by atoms with van der Waals surface area (Å²) in [6.45, 7) is 2.32. The quantitative estimate of drug-likeness (QED) is 0.598. The van der Waals surface area contributed by atoms with Crippen LogP contribution in [0.3, 0.4) is 0 Å². The number of aliphatic hydroxyl groups is 1. The molecule has 2 aliphatic heterocycles. The van der Waals surface area contributed by atoms with Gasteiger partial charge >= 0.3 is 0 Å². The molecular weight excluding hydrogens is 398 g/mol. The minimum absolute atomic E-state index is 0.0404. The number of halogens is 1. The number of hydrogen-bond donors (Lipinski definition) is 1. The molecule has 1 aromatic carbocycles. The SMILES string of the molecule is O=c1cc(N2CC[C@H](O)C2)cnn1[C@H]1CCCN(c2ccc(Cl)cc2[N+](=O)[O-])C1. The van der Waals surface area contributed by atoms with Crippen molar-refractivity contribution in [1.29, 1.82) is 0 Å². The highest BCUT2D eigenvalue weighted by atomic mass is 35.5. The molecule has 10 heteroatoms. The Morgan fingerprint density at radius 1 is 1.17 bits per heavy atom. The molecule has 0 radical (unpaired) electrons. The maximum Gasteiger partial charge on any atom is 0.294 e. The van der Waals surface area contributed by atoms with E-state index in [2.05, 4.69) is 5.10 Å². The number of hydrogen-bond acceptors (Lipinski definition) is 7. The minimum Gasteiger partial charge on any atom is -0.391 e. The molecule has 29 heavy (non-hydrogen) atoms. The molecule has 0 aliphatic carbocycles. The number of nitro groups is 1. The number of aromatic nitrogens is 2. The number of β-amino-alcohol motifs (C(OH)–C–C–N with tert-alkyl or cyclic N) is 1. The smallest absolute Gasteiger partial charge is 0.294 e. The first-order valence-electron chi connectivity index (χ1n) is 9.63. The van der Waals surface area contributed by atoms with Crippen LogP contribution in [-0.4, -0.2) is 52.1 Å². The lowest BCUT2D eigenvalue weighted by Crippen LogP contribution is -2.41. The predicted octanol–water partition coefficient (Wildman–Crippen LogP) is 2.22. The summed E-state index contributed by atoms with van der Waals surface area (Å²) < 4.78 is 1.46. The van der Waals surface area contributed by atoms with Crippen LogP contribution >= 0.6 is 11.6 Å². The molecule has 0 amide bonds. The zero-order chi connectivity index (χ0) is 20.5. The summed E-state index contributed by atoms with van der Waals surface area (Å²) >= 11 is 5.92. The van der Waals surface area contributed by atoms with Gasteiger partial charge in [-0.1, -0.05) is 11.6 Å². The molecule has 154 valence electrons. The van der Waals surface area contributed by atoms with Gasteiger partial charge in [-0.15, -0.1) is 0 Å². The van der Waals surface area contributed by atoms with Crippen molar-refractivity contribution in [2.75, 3.05) is 36.0 Å². The third kappa shape index (κ3) is 4.06. The number of aliphatic hydroxyl groups excluding tert-OH is 1. The first-order valence-corrected chi connectivity index (χ1v) is 10.0. The van der Waals surface area contributed by atoms with Crippen LogP contribution in [0, 0.1) is 10.1 Å². The Balaban J connectivity index is 1.56. The Hall–Kier alpha value is -2.65. The van der Waals surface area contributed by atoms with Gasteiger partial charge in [0.25, 0.3) is 11.2 Å². The summed E-state index contributed by atoms with van der Waals surface area (Å²) in [5.74, 6) is 0. The summed E-state index contributed by atoms with van der Waals surface area (Å²) in [5, 5.41) is 25.8. The summed E-state index contributed by atoms with van der Waals surface area (Å²) in [5.41, 5.74) is 0.964. The minimum atomic E-state index is -0.436. The Morgan fingerprint density at radius 2 is 2.00 bits per heavy atom. The van der Waals surface area contributed by atoms with E-state index in [-0.39, 0.29) is 23.4 Å². The highest BCUT2D eigenvalue weighted by Gasteiger charge is 2.28. The number of anilines is 2. The largest absolute Gasteiger partial charge is 0.391 e. The second-order valence-electron chi connectivity index (χ2n) is 7.52. The number of benzene rings is 1. The molecule has 1 aromatic heterocycles. The lowest BCUT2D eigenvalue weighted by molar-refractivity contribution is -0.384. The van der Waals surface area contributed by atoms with E-state index >= 15 is 0 Å². The van der Waals surface area contributed by atoms with Gasteiger partial charge < -0.3 is 14.9 Å². The van der Waals surface area contributed by atoms with Crippen LogP contribution < -0.4 is 15.4 Å². The molecule has 9 nitrogen and oxygen atoms in total. The van der Waals surface area contributed by atoms with E-state index in [1.807, 2.05) is 9.80 Å². The summed E-state index contributed by atoms with van der Waals surface area (Å²) in [7, 11) is 0. The van der Waals surface area contributed by atoms with Crippen LogP contribution in [0.1, 0.15) is 25.3 Å². The van der Waals surface area contributed by atoms with E-state index in [9.17, 15) is 20.0 Å². The topological polar surface area (TPSA) is 105 Å². The van der Waals surface area contributed by atoms with Crippen molar-refractivity contribution in [2.45, 2.75) is 31.4 Å². The first-order chi connectivity index (χ1) is 13.9. The molecule has 2 fully saturated rings. The molecular formula is C19H22ClN5O4. The Bertz CT molecular complexity index is 981. The van der Waals surface area contributed by atoms with Gasteiger partial charge in [-0.2, -0.15) is 5.10 Å². The molecule has 4 rings (SSSR count). The molecule has 2 atom stereocenters. The standard InChI is InChI=1S/C19H22ClN5O4/c20-13-3-4-17(18(8-13)25(28)29)23-6-1-2-14(11-23)24-19(27)9-15(10-21-24)22-7-5-16(26)12-22/h3-4,8-10,14,16,26H,1-2,5-7,11-12H2/t14-,16-/m0/s1. The van der Waals surface area contributed by atoms with Gasteiger partial charge in [0.15, 0.2) is 0 Å². The van der Waals surface area contributed by atoms with Gasteiger partial charge in [0.2, 0.25) is 0 Å². The number of nitro benzene ring substituents is 1. The third-order valence-corrected chi connectivity index (χ3v) is 5.79. The zero-order valence-corrected chi connectivity index (χ0v) is 16.5. The van der Waals surface area contributed by atoms with Gasteiger partial charge in [-0.05, 0) is 31.4 Å². The van der Waals surface area contributed by atoms with Crippen molar-refractivity contribution < 1.29 is 10.0 Å². The van der Waals surface area contributed by atoms with E-state index in [0.29, 0.717) is 49.0 Å². The van der Waals surface area contributed by atoms with E-state index in [1.54, 1.807) is 24.4 Å². The number of nitrogens with zero attached hydrogens (tertiary/aromatic N) is 5. The average molecular weight is 420 g/mol. The fraction of sp³-hybridized carbons (Fsp3) is 0.474. The van der Waals surface area contributed by atoms with Crippen molar-refractivity contribution >= 4 is 28.7 Å². The fourth-order valence-electron chi connectivity index (χ4n) is 4.12. The molecule has 0 unspecified atom stereocenters. The van der Waals surface area contributed by atoms with Crippen molar-refractivity contribution in [1.82, 2.24) is 9.78 Å². The van der Waals surface area contributed by atoms with Crippen molar-refractivity contribution in [3.63, 3.8) is 0 Å². The monoisotopic (exact) mass is 419 g/mol. The molecule has 3 heterocycles. The maximum absolute atomic E-state index is 12.7. The van der Waals surface area contributed by atoms with Crippen LogP contribution in [0.4, 0.5) is 17.1 Å². The first kappa shape index (κ1) is 19.7. The summed E-state index contributed by atoms with van der Waals surface area (Å²) in [6.07, 6.45) is 3.52. The maximum atomic E-state index is 12.7. The molecule has 2 aliphatic rings. The van der Waals surface area contributed by atoms with Gasteiger partial charge in [-0.25, -0.2) is 4.68 Å². The Labute approximate surface area is 172 Å². The van der Waals surface area contributed by atoms with E-state index in [4.69, 9.17) is 11.6 Å². The van der Waals surface area contributed by atoms with Gasteiger partial charge in [-0.3, -0.25) is 14.9 Å².